The molecule has 0 saturated carbocycles. The van der Waals surface area contributed by atoms with Gasteiger partial charge in [0.25, 0.3) is 5.91 Å². The number of benzene rings is 2. The molecule has 3 aromatic rings. The number of carbonyl (C=O) groups is 3. The van der Waals surface area contributed by atoms with E-state index < -0.39 is 17.6 Å². The molecule has 45 heavy (non-hydrogen) atoms. The second kappa shape index (κ2) is 13.7. The van der Waals surface area contributed by atoms with Crippen LogP contribution in [0.4, 0.5) is 16.2 Å². The van der Waals surface area contributed by atoms with Crippen molar-refractivity contribution < 1.29 is 33.0 Å². The predicted molar refractivity (Wildman–Crippen MR) is 169 cm³/mol. The molecule has 5 rings (SSSR count). The number of aromatic nitrogens is 1. The first-order valence-corrected chi connectivity index (χ1v) is 15.5. The topological polar surface area (TPSA) is 115 Å². The molecular formula is C34H42N4O7. The average Bonchev–Trinajstić information content (AvgIpc) is 3.52. The van der Waals surface area contributed by atoms with E-state index in [9.17, 15) is 14.4 Å². The molecule has 3 amide bonds. The molecule has 11 heteroatoms. The van der Waals surface area contributed by atoms with Gasteiger partial charge in [-0.1, -0.05) is 30.3 Å². The van der Waals surface area contributed by atoms with E-state index in [1.165, 1.54) is 0 Å². The molecule has 2 atom stereocenters. The van der Waals surface area contributed by atoms with Gasteiger partial charge in [0.05, 0.1) is 17.5 Å². The van der Waals surface area contributed by atoms with Crippen LogP contribution in [-0.4, -0.2) is 79.9 Å². The molecule has 240 valence electrons. The summed E-state index contributed by atoms with van der Waals surface area (Å²) >= 11 is 0. The Morgan fingerprint density at radius 1 is 1.13 bits per heavy atom. The van der Waals surface area contributed by atoms with Crippen LogP contribution in [0.15, 0.2) is 59.2 Å². The number of anilines is 2. The number of nitrogens with zero attached hydrogens (tertiary/aromatic N) is 4. The molecule has 11 nitrogen and oxygen atoms in total. The van der Waals surface area contributed by atoms with Crippen LogP contribution in [0.1, 0.15) is 52.3 Å². The number of fused-ring (bicyclic) bond motifs is 1. The van der Waals surface area contributed by atoms with Crippen LogP contribution in [0.25, 0.3) is 11.3 Å². The molecule has 3 heterocycles. The van der Waals surface area contributed by atoms with E-state index >= 15 is 0 Å². The van der Waals surface area contributed by atoms with Gasteiger partial charge in [-0.15, -0.1) is 0 Å². The number of methoxy groups -OCH3 is 1. The van der Waals surface area contributed by atoms with Crippen molar-refractivity contribution in [2.24, 2.45) is 5.92 Å². The standard InChI is InChI=1S/C34H42N4O7/c1-6-37(24-13-14-29-28(19-24)38(16-10-18-42-5)30(39)22-43-29)32(40)26-20-36(33(41)45-34(2,3)4)17-15-25(26)31-35-27(21-44-31)23-11-8-7-9-12-23/h7-9,11-14,19,21,25-26H,6,10,15-18,20,22H2,1-5H3/t25-,26-/m0/s1. The van der Waals surface area contributed by atoms with Gasteiger partial charge in [-0.3, -0.25) is 9.59 Å². The van der Waals surface area contributed by atoms with Crippen LogP contribution in [-0.2, 0) is 19.1 Å². The Balaban J connectivity index is 1.46. The molecule has 1 aromatic heterocycles. The van der Waals surface area contributed by atoms with Gasteiger partial charge in [0.1, 0.15) is 23.3 Å². The lowest BCUT2D eigenvalue weighted by atomic mass is 9.84. The van der Waals surface area contributed by atoms with Gasteiger partial charge >= 0.3 is 6.09 Å². The van der Waals surface area contributed by atoms with E-state index in [2.05, 4.69) is 0 Å². The third kappa shape index (κ3) is 7.30. The van der Waals surface area contributed by atoms with Gasteiger partial charge in [0.2, 0.25) is 5.91 Å². The van der Waals surface area contributed by atoms with E-state index in [0.717, 1.165) is 5.56 Å². The summed E-state index contributed by atoms with van der Waals surface area (Å²) in [7, 11) is 1.63. The normalized spacial score (nSPS) is 18.3. The zero-order chi connectivity index (χ0) is 32.1. The van der Waals surface area contributed by atoms with Crippen LogP contribution in [0, 0.1) is 5.92 Å². The number of ether oxygens (including phenoxy) is 3. The van der Waals surface area contributed by atoms with E-state index in [4.69, 9.17) is 23.6 Å². The van der Waals surface area contributed by atoms with Gasteiger partial charge in [-0.05, 0) is 58.7 Å². The van der Waals surface area contributed by atoms with Gasteiger partial charge in [-0.2, -0.15) is 0 Å². The van der Waals surface area contributed by atoms with Crippen molar-refractivity contribution in [3.05, 3.63) is 60.7 Å². The molecule has 0 bridgehead atoms. The Bertz CT molecular complexity index is 1500. The van der Waals surface area contributed by atoms with E-state index in [-0.39, 0.29) is 30.9 Å². The maximum Gasteiger partial charge on any atom is 0.410 e. The van der Waals surface area contributed by atoms with Crippen molar-refractivity contribution in [1.82, 2.24) is 9.88 Å². The Hall–Kier alpha value is -4.38. The number of oxazole rings is 1. The second-order valence-corrected chi connectivity index (χ2v) is 12.3. The Morgan fingerprint density at radius 3 is 2.62 bits per heavy atom. The first-order chi connectivity index (χ1) is 21.6. The number of carbonyl (C=O) groups excluding carboxylic acids is 3. The van der Waals surface area contributed by atoms with E-state index in [1.807, 2.05) is 70.2 Å². The highest BCUT2D eigenvalue weighted by Crippen LogP contribution is 2.39. The van der Waals surface area contributed by atoms with Crippen molar-refractivity contribution >= 4 is 29.3 Å². The van der Waals surface area contributed by atoms with Crippen LogP contribution in [0.5, 0.6) is 5.75 Å². The fourth-order valence-corrected chi connectivity index (χ4v) is 5.83. The molecule has 0 radical (unpaired) electrons. The van der Waals surface area contributed by atoms with Gasteiger partial charge in [-0.25, -0.2) is 9.78 Å². The number of hydrogen-bond acceptors (Lipinski definition) is 8. The van der Waals surface area contributed by atoms with Crippen LogP contribution < -0.4 is 14.5 Å². The lowest BCUT2D eigenvalue weighted by Gasteiger charge is -2.39. The highest BCUT2D eigenvalue weighted by molar-refractivity contribution is 6.01. The fourth-order valence-electron chi connectivity index (χ4n) is 5.83. The monoisotopic (exact) mass is 618 g/mol. The van der Waals surface area contributed by atoms with E-state index in [0.29, 0.717) is 67.8 Å². The summed E-state index contributed by atoms with van der Waals surface area (Å²) in [6.07, 6.45) is 2.29. The summed E-state index contributed by atoms with van der Waals surface area (Å²) in [6, 6.07) is 15.2. The molecule has 2 aliphatic rings. The van der Waals surface area contributed by atoms with Crippen molar-refractivity contribution in [3.8, 4) is 17.0 Å². The molecule has 2 aromatic carbocycles. The smallest absolute Gasteiger partial charge is 0.410 e. The average molecular weight is 619 g/mol. The molecule has 0 unspecified atom stereocenters. The Kier molecular flexibility index (Phi) is 9.77. The van der Waals surface area contributed by atoms with Crippen LogP contribution in [0.2, 0.25) is 0 Å². The van der Waals surface area contributed by atoms with Crippen molar-refractivity contribution in [2.75, 3.05) is 56.3 Å². The molecule has 0 aliphatic carbocycles. The summed E-state index contributed by atoms with van der Waals surface area (Å²) in [5.41, 5.74) is 2.17. The zero-order valence-corrected chi connectivity index (χ0v) is 26.7. The highest BCUT2D eigenvalue weighted by atomic mass is 16.6. The third-order valence-corrected chi connectivity index (χ3v) is 8.00. The van der Waals surface area contributed by atoms with Gasteiger partial charge < -0.3 is 33.3 Å². The molecular weight excluding hydrogens is 576 g/mol. The number of hydrogen-bond donors (Lipinski definition) is 0. The number of piperidine rings is 1. The lowest BCUT2D eigenvalue weighted by Crippen LogP contribution is -2.51. The summed E-state index contributed by atoms with van der Waals surface area (Å²) in [5.74, 6) is -0.302. The molecule has 1 saturated heterocycles. The number of likely N-dealkylation sites (tertiary alicyclic amines) is 1. The third-order valence-electron chi connectivity index (χ3n) is 8.00. The highest BCUT2D eigenvalue weighted by Gasteiger charge is 2.42. The number of rotatable bonds is 9. The zero-order valence-electron chi connectivity index (χ0n) is 26.7. The summed E-state index contributed by atoms with van der Waals surface area (Å²) in [4.78, 5) is 50.2. The predicted octanol–water partition coefficient (Wildman–Crippen LogP) is 5.50. The SMILES string of the molecule is CCN(C(=O)[C@H]1CN(C(=O)OC(C)(C)C)CC[C@@H]1c1nc(-c2ccccc2)co1)c1ccc2c(c1)N(CCCOC)C(=O)CO2. The molecule has 2 aliphatic heterocycles. The molecule has 1 fully saturated rings. The summed E-state index contributed by atoms with van der Waals surface area (Å²) in [5, 5.41) is 0. The minimum absolute atomic E-state index is 0.0406. The fraction of sp³-hybridized carbons (Fsp3) is 0.471. The number of amides is 3. The van der Waals surface area contributed by atoms with Crippen molar-refractivity contribution in [1.29, 1.82) is 0 Å². The van der Waals surface area contributed by atoms with Crippen LogP contribution >= 0.6 is 0 Å². The first kappa shape index (κ1) is 32.0. The largest absolute Gasteiger partial charge is 0.482 e. The maximum absolute atomic E-state index is 14.5. The van der Waals surface area contributed by atoms with Crippen molar-refractivity contribution in [2.45, 2.75) is 52.1 Å². The quantitative estimate of drug-likeness (QED) is 0.289. The second-order valence-electron chi connectivity index (χ2n) is 12.3. The van der Waals surface area contributed by atoms with Crippen LogP contribution in [0.3, 0.4) is 0 Å². The maximum atomic E-state index is 14.5. The molecule has 0 spiro atoms. The Labute approximate surface area is 264 Å². The minimum atomic E-state index is -0.673. The minimum Gasteiger partial charge on any atom is -0.482 e. The van der Waals surface area contributed by atoms with Crippen molar-refractivity contribution in [3.63, 3.8) is 0 Å². The van der Waals surface area contributed by atoms with E-state index in [1.54, 1.807) is 34.1 Å². The summed E-state index contributed by atoms with van der Waals surface area (Å²) in [6.45, 7) is 9.21. The Morgan fingerprint density at radius 2 is 1.91 bits per heavy atom. The molecule has 0 N–H and O–H groups in total. The first-order valence-electron chi connectivity index (χ1n) is 15.5. The lowest BCUT2D eigenvalue weighted by molar-refractivity contribution is -0.125. The summed E-state index contributed by atoms with van der Waals surface area (Å²) < 4.78 is 22.6. The van der Waals surface area contributed by atoms with Gasteiger partial charge in [0, 0.05) is 51.1 Å². The van der Waals surface area contributed by atoms with Gasteiger partial charge in [0.15, 0.2) is 12.5 Å².